The lowest BCUT2D eigenvalue weighted by Gasteiger charge is -2.14. The second kappa shape index (κ2) is 11.6. The van der Waals surface area contributed by atoms with Gasteiger partial charge in [0.05, 0.1) is 18.6 Å². The number of aryl methyl sites for hydroxylation is 1. The fraction of sp³-hybridized carbons (Fsp3) is 0.417. The third-order valence-corrected chi connectivity index (χ3v) is 6.41. The van der Waals surface area contributed by atoms with Crippen LogP contribution in [0, 0.1) is 0 Å². The van der Waals surface area contributed by atoms with Gasteiger partial charge in [-0.15, -0.1) is 11.3 Å². The number of ether oxygens (including phenoxy) is 2. The molecule has 1 heterocycles. The van der Waals surface area contributed by atoms with Crippen LogP contribution in [-0.2, 0) is 43.1 Å². The standard InChI is InChI=1S/C24H28N2O6S/c1-3-31-24(30)21-17-11-7-8-12-18(17)33-23(21)26-22(29)15(2)32-20(28)14-25-19(27)13-16-9-5-4-6-10-16/h4-6,9-10,15H,3,7-8,11-14H2,1-2H3,(H,25,27)(H,26,29)/t15-/m1/s1. The van der Waals surface area contributed by atoms with Crippen LogP contribution in [0.3, 0.4) is 0 Å². The van der Waals surface area contributed by atoms with Gasteiger partial charge < -0.3 is 20.1 Å². The Bertz CT molecular complexity index is 1020. The average molecular weight is 473 g/mol. The van der Waals surface area contributed by atoms with Gasteiger partial charge in [-0.25, -0.2) is 4.79 Å². The zero-order valence-corrected chi connectivity index (χ0v) is 19.6. The number of amides is 2. The van der Waals surface area contributed by atoms with Crippen molar-refractivity contribution in [2.75, 3.05) is 18.5 Å². The van der Waals surface area contributed by atoms with Crippen molar-refractivity contribution in [2.45, 2.75) is 52.1 Å². The van der Waals surface area contributed by atoms with Crippen LogP contribution < -0.4 is 10.6 Å². The first-order chi connectivity index (χ1) is 15.9. The molecule has 1 aliphatic rings. The molecule has 2 N–H and O–H groups in total. The summed E-state index contributed by atoms with van der Waals surface area (Å²) in [5, 5.41) is 5.64. The maximum absolute atomic E-state index is 12.7. The summed E-state index contributed by atoms with van der Waals surface area (Å²) in [6.45, 7) is 3.07. The van der Waals surface area contributed by atoms with Crippen molar-refractivity contribution in [1.29, 1.82) is 0 Å². The molecular formula is C24H28N2O6S. The molecule has 3 rings (SSSR count). The normalized spacial score (nSPS) is 13.4. The highest BCUT2D eigenvalue weighted by Gasteiger charge is 2.28. The SMILES string of the molecule is CCOC(=O)c1c(NC(=O)[C@@H](C)OC(=O)CNC(=O)Cc2ccccc2)sc2c1CCCC2. The molecule has 2 amide bonds. The Kier molecular flexibility index (Phi) is 8.59. The molecule has 0 fully saturated rings. The highest BCUT2D eigenvalue weighted by atomic mass is 32.1. The molecule has 9 heteroatoms. The van der Waals surface area contributed by atoms with Crippen LogP contribution in [0.4, 0.5) is 5.00 Å². The second-order valence-electron chi connectivity index (χ2n) is 7.70. The third-order valence-electron chi connectivity index (χ3n) is 5.20. The monoisotopic (exact) mass is 472 g/mol. The number of carbonyl (C=O) groups excluding carboxylic acids is 4. The van der Waals surface area contributed by atoms with Gasteiger partial charge in [-0.2, -0.15) is 0 Å². The number of rotatable bonds is 9. The Labute approximate surface area is 196 Å². The van der Waals surface area contributed by atoms with E-state index in [2.05, 4.69) is 10.6 Å². The highest BCUT2D eigenvalue weighted by Crippen LogP contribution is 2.38. The van der Waals surface area contributed by atoms with E-state index in [4.69, 9.17) is 9.47 Å². The summed E-state index contributed by atoms with van der Waals surface area (Å²) in [5.41, 5.74) is 2.16. The first-order valence-electron chi connectivity index (χ1n) is 11.0. The average Bonchev–Trinajstić information content (AvgIpc) is 3.16. The van der Waals surface area contributed by atoms with Gasteiger partial charge >= 0.3 is 11.9 Å². The fourth-order valence-corrected chi connectivity index (χ4v) is 4.87. The number of nitrogens with one attached hydrogen (secondary N) is 2. The van der Waals surface area contributed by atoms with E-state index in [1.807, 2.05) is 30.3 Å². The van der Waals surface area contributed by atoms with Crippen LogP contribution in [0.2, 0.25) is 0 Å². The molecule has 1 atom stereocenters. The number of esters is 2. The number of hydrogen-bond donors (Lipinski definition) is 2. The Morgan fingerprint density at radius 1 is 1.09 bits per heavy atom. The zero-order valence-electron chi connectivity index (χ0n) is 18.8. The van der Waals surface area contributed by atoms with Crippen molar-refractivity contribution in [3.05, 3.63) is 51.9 Å². The van der Waals surface area contributed by atoms with Gasteiger partial charge in [0, 0.05) is 4.88 Å². The van der Waals surface area contributed by atoms with Crippen LogP contribution >= 0.6 is 11.3 Å². The number of hydrogen-bond acceptors (Lipinski definition) is 7. The summed E-state index contributed by atoms with van der Waals surface area (Å²) in [6.07, 6.45) is 2.68. The van der Waals surface area contributed by atoms with Crippen molar-refractivity contribution in [3.63, 3.8) is 0 Å². The maximum atomic E-state index is 12.7. The molecule has 0 saturated carbocycles. The second-order valence-corrected chi connectivity index (χ2v) is 8.80. The Morgan fingerprint density at radius 2 is 1.82 bits per heavy atom. The van der Waals surface area contributed by atoms with Crippen LogP contribution in [-0.4, -0.2) is 43.0 Å². The predicted molar refractivity (Wildman–Crippen MR) is 124 cm³/mol. The van der Waals surface area contributed by atoms with Gasteiger partial charge in [0.25, 0.3) is 5.91 Å². The molecule has 2 aromatic rings. The van der Waals surface area contributed by atoms with Crippen LogP contribution in [0.25, 0.3) is 0 Å². The van der Waals surface area contributed by atoms with E-state index in [1.165, 1.54) is 18.3 Å². The van der Waals surface area contributed by atoms with Crippen LogP contribution in [0.15, 0.2) is 30.3 Å². The Morgan fingerprint density at radius 3 is 2.55 bits per heavy atom. The van der Waals surface area contributed by atoms with Crippen molar-refractivity contribution < 1.29 is 28.7 Å². The summed E-state index contributed by atoms with van der Waals surface area (Å²) in [6, 6.07) is 9.14. The zero-order chi connectivity index (χ0) is 23.8. The number of thiophene rings is 1. The lowest BCUT2D eigenvalue weighted by atomic mass is 9.95. The number of fused-ring (bicyclic) bond motifs is 1. The molecule has 0 unspecified atom stereocenters. The Hall–Kier alpha value is -3.20. The molecule has 0 radical (unpaired) electrons. The first kappa shape index (κ1) is 24.4. The van der Waals surface area contributed by atoms with E-state index >= 15 is 0 Å². The summed E-state index contributed by atoms with van der Waals surface area (Å²) < 4.78 is 10.3. The van der Waals surface area contributed by atoms with Gasteiger partial charge in [0.1, 0.15) is 11.5 Å². The molecule has 33 heavy (non-hydrogen) atoms. The van der Waals surface area contributed by atoms with E-state index in [1.54, 1.807) is 6.92 Å². The molecule has 1 aliphatic carbocycles. The van der Waals surface area contributed by atoms with Crippen molar-refractivity contribution in [3.8, 4) is 0 Å². The molecular weight excluding hydrogens is 444 g/mol. The van der Waals surface area contributed by atoms with Crippen molar-refractivity contribution in [1.82, 2.24) is 5.32 Å². The van der Waals surface area contributed by atoms with Gasteiger partial charge in [-0.05, 0) is 50.7 Å². The summed E-state index contributed by atoms with van der Waals surface area (Å²) in [5.74, 6) is -2.06. The molecule has 0 bridgehead atoms. The highest BCUT2D eigenvalue weighted by molar-refractivity contribution is 7.17. The fourth-order valence-electron chi connectivity index (χ4n) is 3.59. The topological polar surface area (TPSA) is 111 Å². The minimum absolute atomic E-state index is 0.143. The molecule has 0 saturated heterocycles. The molecule has 1 aromatic heterocycles. The third kappa shape index (κ3) is 6.64. The van der Waals surface area contributed by atoms with Crippen molar-refractivity contribution in [2.24, 2.45) is 0 Å². The van der Waals surface area contributed by atoms with E-state index in [-0.39, 0.29) is 25.5 Å². The van der Waals surface area contributed by atoms with Crippen LogP contribution in [0.5, 0.6) is 0 Å². The van der Waals surface area contributed by atoms with Crippen molar-refractivity contribution >= 4 is 40.1 Å². The molecule has 1 aromatic carbocycles. The predicted octanol–water partition coefficient (Wildman–Crippen LogP) is 3.03. The number of benzene rings is 1. The summed E-state index contributed by atoms with van der Waals surface area (Å²) >= 11 is 1.37. The van der Waals surface area contributed by atoms with Gasteiger partial charge in [-0.3, -0.25) is 14.4 Å². The largest absolute Gasteiger partial charge is 0.462 e. The molecule has 8 nitrogen and oxygen atoms in total. The number of carbonyl (C=O) groups is 4. The van der Waals surface area contributed by atoms with Crippen LogP contribution in [0.1, 0.15) is 53.1 Å². The van der Waals surface area contributed by atoms with E-state index in [0.717, 1.165) is 41.7 Å². The lowest BCUT2D eigenvalue weighted by Crippen LogP contribution is -2.36. The van der Waals surface area contributed by atoms with E-state index in [9.17, 15) is 19.2 Å². The lowest BCUT2D eigenvalue weighted by molar-refractivity contribution is -0.152. The summed E-state index contributed by atoms with van der Waals surface area (Å²) in [4.78, 5) is 50.3. The quantitative estimate of drug-likeness (QED) is 0.543. The van der Waals surface area contributed by atoms with Gasteiger partial charge in [0.2, 0.25) is 5.91 Å². The smallest absolute Gasteiger partial charge is 0.341 e. The van der Waals surface area contributed by atoms with E-state index in [0.29, 0.717) is 10.6 Å². The Balaban J connectivity index is 1.55. The van der Waals surface area contributed by atoms with E-state index < -0.39 is 23.9 Å². The molecule has 176 valence electrons. The first-order valence-corrected chi connectivity index (χ1v) is 11.8. The molecule has 0 aliphatic heterocycles. The van der Waals surface area contributed by atoms with Gasteiger partial charge in [0.15, 0.2) is 6.10 Å². The number of anilines is 1. The molecule has 0 spiro atoms. The summed E-state index contributed by atoms with van der Waals surface area (Å²) in [7, 11) is 0. The minimum atomic E-state index is -1.10. The minimum Gasteiger partial charge on any atom is -0.462 e. The van der Waals surface area contributed by atoms with Gasteiger partial charge in [-0.1, -0.05) is 30.3 Å². The maximum Gasteiger partial charge on any atom is 0.341 e.